The summed E-state index contributed by atoms with van der Waals surface area (Å²) in [5, 5.41) is 16.2. The highest BCUT2D eigenvalue weighted by atomic mass is 35.5. The lowest BCUT2D eigenvalue weighted by atomic mass is 10.2. The summed E-state index contributed by atoms with van der Waals surface area (Å²) in [6.45, 7) is 0.0519. The fraction of sp³-hybridized carbons (Fsp3) is 0.238. The van der Waals surface area contributed by atoms with E-state index in [2.05, 4.69) is 10.3 Å². The molecule has 0 aliphatic carbocycles. The van der Waals surface area contributed by atoms with Crippen molar-refractivity contribution < 1.29 is 14.6 Å². The third-order valence-corrected chi connectivity index (χ3v) is 5.72. The van der Waals surface area contributed by atoms with E-state index in [1.807, 2.05) is 35.7 Å². The van der Waals surface area contributed by atoms with Crippen LogP contribution in [0.2, 0.25) is 10.0 Å². The Labute approximate surface area is 183 Å². The molecule has 3 aromatic rings. The van der Waals surface area contributed by atoms with Crippen molar-refractivity contribution in [3.05, 3.63) is 80.2 Å². The summed E-state index contributed by atoms with van der Waals surface area (Å²) in [7, 11) is 0. The minimum atomic E-state index is -0.877. The van der Waals surface area contributed by atoms with Crippen LogP contribution in [0.15, 0.2) is 53.9 Å². The summed E-state index contributed by atoms with van der Waals surface area (Å²) < 4.78 is 5.46. The van der Waals surface area contributed by atoms with Gasteiger partial charge in [-0.15, -0.1) is 11.3 Å². The van der Waals surface area contributed by atoms with Crippen molar-refractivity contribution in [3.63, 3.8) is 0 Å². The highest BCUT2D eigenvalue weighted by molar-refractivity contribution is 7.09. The van der Waals surface area contributed by atoms with Crippen molar-refractivity contribution >= 4 is 40.4 Å². The van der Waals surface area contributed by atoms with Gasteiger partial charge in [-0.05, 0) is 17.7 Å². The first-order chi connectivity index (χ1) is 14.0. The molecule has 0 radical (unpaired) electrons. The van der Waals surface area contributed by atoms with Crippen molar-refractivity contribution in [1.29, 1.82) is 0 Å². The molecular formula is C21H20Cl2N2O3S. The largest absolute Gasteiger partial charge is 0.489 e. The molecule has 0 aliphatic heterocycles. The second-order valence-electron chi connectivity index (χ2n) is 6.39. The number of thiazole rings is 1. The Hall–Kier alpha value is -2.12. The van der Waals surface area contributed by atoms with Crippen molar-refractivity contribution in [1.82, 2.24) is 10.3 Å². The van der Waals surface area contributed by atoms with E-state index in [4.69, 9.17) is 27.9 Å². The third kappa shape index (κ3) is 6.72. The van der Waals surface area contributed by atoms with Crippen LogP contribution in [0.1, 0.15) is 16.3 Å². The van der Waals surface area contributed by atoms with Crippen LogP contribution in [-0.4, -0.2) is 35.3 Å². The smallest absolute Gasteiger partial charge is 0.226 e. The van der Waals surface area contributed by atoms with Gasteiger partial charge in [0.2, 0.25) is 5.91 Å². The monoisotopic (exact) mass is 450 g/mol. The van der Waals surface area contributed by atoms with Crippen LogP contribution in [0.5, 0.6) is 5.75 Å². The fourth-order valence-electron chi connectivity index (χ4n) is 2.58. The number of amides is 1. The standard InChI is InChI=1S/C21H20Cl2N2O3S/c22-17-7-4-8-18(21(17)23)28-12-16(26)11-24-19(27)10-15-13-29-20(25-15)9-14-5-2-1-3-6-14/h1-8,13,16,26H,9-12H2,(H,24,27). The van der Waals surface area contributed by atoms with E-state index < -0.39 is 6.10 Å². The average molecular weight is 451 g/mol. The maximum Gasteiger partial charge on any atom is 0.226 e. The topological polar surface area (TPSA) is 71.5 Å². The Kier molecular flexibility index (Phi) is 7.89. The quantitative estimate of drug-likeness (QED) is 0.513. The fourth-order valence-corrected chi connectivity index (χ4v) is 3.76. The number of hydrogen-bond acceptors (Lipinski definition) is 5. The maximum absolute atomic E-state index is 12.1. The summed E-state index contributed by atoms with van der Waals surface area (Å²) in [5.41, 5.74) is 1.90. The number of aromatic nitrogens is 1. The molecule has 5 nitrogen and oxygen atoms in total. The van der Waals surface area contributed by atoms with Crippen LogP contribution < -0.4 is 10.1 Å². The Morgan fingerprint density at radius 3 is 2.76 bits per heavy atom. The van der Waals surface area contributed by atoms with Gasteiger partial charge in [-0.1, -0.05) is 59.6 Å². The minimum Gasteiger partial charge on any atom is -0.489 e. The molecule has 0 aliphatic rings. The van der Waals surface area contributed by atoms with Gasteiger partial charge in [0, 0.05) is 18.3 Å². The lowest BCUT2D eigenvalue weighted by molar-refractivity contribution is -0.121. The first-order valence-electron chi connectivity index (χ1n) is 9.00. The zero-order chi connectivity index (χ0) is 20.6. The number of carbonyl (C=O) groups is 1. The van der Waals surface area contributed by atoms with Gasteiger partial charge in [0.05, 0.1) is 22.1 Å². The molecule has 1 aromatic heterocycles. The Bertz CT molecular complexity index is 950. The van der Waals surface area contributed by atoms with E-state index in [1.165, 1.54) is 16.9 Å². The summed E-state index contributed by atoms with van der Waals surface area (Å²) in [6, 6.07) is 15.1. The zero-order valence-corrected chi connectivity index (χ0v) is 17.8. The minimum absolute atomic E-state index is 0.0156. The van der Waals surface area contributed by atoms with Gasteiger partial charge < -0.3 is 15.2 Å². The number of aliphatic hydroxyl groups is 1. The van der Waals surface area contributed by atoms with Crippen molar-refractivity contribution in [2.75, 3.05) is 13.2 Å². The van der Waals surface area contributed by atoms with Gasteiger partial charge in [0.1, 0.15) is 23.5 Å². The van der Waals surface area contributed by atoms with Crippen molar-refractivity contribution in [3.8, 4) is 5.75 Å². The Morgan fingerprint density at radius 1 is 1.17 bits per heavy atom. The van der Waals surface area contributed by atoms with Crippen LogP contribution in [0.3, 0.4) is 0 Å². The van der Waals surface area contributed by atoms with Gasteiger partial charge in [-0.25, -0.2) is 4.98 Å². The Balaban J connectivity index is 1.41. The summed E-state index contributed by atoms with van der Waals surface area (Å²) in [5.74, 6) is 0.180. The number of halogens is 2. The average Bonchev–Trinajstić information content (AvgIpc) is 3.15. The highest BCUT2D eigenvalue weighted by Crippen LogP contribution is 2.31. The summed E-state index contributed by atoms with van der Waals surface area (Å²) in [6.07, 6.45) is 0.0342. The molecule has 2 N–H and O–H groups in total. The molecule has 2 aromatic carbocycles. The lowest BCUT2D eigenvalue weighted by Crippen LogP contribution is -2.36. The lowest BCUT2D eigenvalue weighted by Gasteiger charge is -2.14. The van der Waals surface area contributed by atoms with Gasteiger partial charge in [0.25, 0.3) is 0 Å². The molecule has 152 valence electrons. The molecular weight excluding hydrogens is 431 g/mol. The van der Waals surface area contributed by atoms with Crippen LogP contribution in [0.4, 0.5) is 0 Å². The van der Waals surface area contributed by atoms with Gasteiger partial charge in [0.15, 0.2) is 0 Å². The van der Waals surface area contributed by atoms with E-state index in [9.17, 15) is 9.90 Å². The molecule has 1 heterocycles. The first kappa shape index (κ1) is 21.6. The third-order valence-electron chi connectivity index (χ3n) is 4.02. The number of aliphatic hydroxyl groups excluding tert-OH is 1. The molecule has 3 rings (SSSR count). The first-order valence-corrected chi connectivity index (χ1v) is 10.6. The van der Waals surface area contributed by atoms with E-state index in [1.54, 1.807) is 18.2 Å². The second kappa shape index (κ2) is 10.6. The Morgan fingerprint density at radius 2 is 1.97 bits per heavy atom. The molecule has 0 saturated heterocycles. The van der Waals surface area contributed by atoms with Crippen LogP contribution in [0.25, 0.3) is 0 Å². The molecule has 0 fully saturated rings. The number of hydrogen-bond donors (Lipinski definition) is 2. The zero-order valence-electron chi connectivity index (χ0n) is 15.5. The number of benzene rings is 2. The molecule has 8 heteroatoms. The molecule has 29 heavy (non-hydrogen) atoms. The van der Waals surface area contributed by atoms with Gasteiger partial charge in [-0.2, -0.15) is 0 Å². The predicted octanol–water partition coefficient (Wildman–Crippen LogP) is 4.14. The normalized spacial score (nSPS) is 11.8. The van der Waals surface area contributed by atoms with Crippen molar-refractivity contribution in [2.45, 2.75) is 18.9 Å². The second-order valence-corrected chi connectivity index (χ2v) is 8.12. The number of ether oxygens (including phenoxy) is 1. The number of rotatable bonds is 9. The van der Waals surface area contributed by atoms with Crippen LogP contribution >= 0.6 is 34.5 Å². The van der Waals surface area contributed by atoms with Gasteiger partial charge >= 0.3 is 0 Å². The summed E-state index contributed by atoms with van der Waals surface area (Å²) in [4.78, 5) is 16.6. The van der Waals surface area contributed by atoms with E-state index in [0.29, 0.717) is 15.8 Å². The van der Waals surface area contributed by atoms with Crippen molar-refractivity contribution in [2.24, 2.45) is 0 Å². The number of nitrogens with one attached hydrogen (secondary N) is 1. The predicted molar refractivity (Wildman–Crippen MR) is 116 cm³/mol. The number of carbonyl (C=O) groups excluding carboxylic acids is 1. The van der Waals surface area contributed by atoms with E-state index >= 15 is 0 Å². The SMILES string of the molecule is O=C(Cc1csc(Cc2ccccc2)n1)NCC(O)COc1cccc(Cl)c1Cl. The molecule has 0 bridgehead atoms. The highest BCUT2D eigenvalue weighted by Gasteiger charge is 2.12. The molecule has 1 unspecified atom stereocenters. The van der Waals surface area contributed by atoms with Crippen LogP contribution in [0, 0.1) is 0 Å². The molecule has 1 amide bonds. The van der Waals surface area contributed by atoms with Gasteiger partial charge in [-0.3, -0.25) is 4.79 Å². The van der Waals surface area contributed by atoms with E-state index in [0.717, 1.165) is 17.1 Å². The molecule has 0 saturated carbocycles. The summed E-state index contributed by atoms with van der Waals surface area (Å²) >= 11 is 13.5. The van der Waals surface area contributed by atoms with E-state index in [-0.39, 0.29) is 25.5 Å². The maximum atomic E-state index is 12.1. The molecule has 1 atom stereocenters. The number of nitrogens with zero attached hydrogens (tertiary/aromatic N) is 1. The molecule has 0 spiro atoms. The van der Waals surface area contributed by atoms with Crippen LogP contribution in [-0.2, 0) is 17.6 Å².